The molecule has 0 bridgehead atoms. The molecule has 0 heterocycles. The Hall–Kier alpha value is -0.830. The quantitative estimate of drug-likeness (QED) is 0.218. The first-order valence-electron chi connectivity index (χ1n) is 8.37. The van der Waals surface area contributed by atoms with Crippen molar-refractivity contribution in [2.24, 2.45) is 0 Å². The highest BCUT2D eigenvalue weighted by atomic mass is 127. The predicted molar refractivity (Wildman–Crippen MR) is 122 cm³/mol. The maximum atomic E-state index is 12.5. The van der Waals surface area contributed by atoms with Gasteiger partial charge in [0.1, 0.15) is 11.5 Å². The van der Waals surface area contributed by atoms with E-state index in [-0.39, 0.29) is 10.8 Å². The number of hydrogen-bond acceptors (Lipinski definition) is 3. The minimum Gasteiger partial charge on any atom is -0.394 e. The number of hydrogen-bond donors (Lipinski definition) is 0. The van der Waals surface area contributed by atoms with Crippen molar-refractivity contribution in [3.05, 3.63) is 54.7 Å². The number of rotatable bonds is 2. The standard InChI is InChI=1S/C21H24I2O3/c1-20(2,3)15-11-13(22)7-9-17(15)25-19(24)26-18-10-8-14(23)12-16(18)21(4,5)6/h7-12H,1-6H3. The maximum Gasteiger partial charge on any atom is 0.519 e. The maximum absolute atomic E-state index is 12.5. The van der Waals surface area contributed by atoms with Crippen LogP contribution in [0.15, 0.2) is 36.4 Å². The number of carbonyl (C=O) groups excluding carboxylic acids is 1. The van der Waals surface area contributed by atoms with Gasteiger partial charge in [-0.1, -0.05) is 41.5 Å². The fraction of sp³-hybridized carbons (Fsp3) is 0.381. The zero-order valence-corrected chi connectivity index (χ0v) is 20.3. The van der Waals surface area contributed by atoms with E-state index in [4.69, 9.17) is 9.47 Å². The molecule has 0 spiro atoms. The van der Waals surface area contributed by atoms with Crippen LogP contribution >= 0.6 is 45.2 Å². The lowest BCUT2D eigenvalue weighted by Gasteiger charge is -2.24. The Morgan fingerprint density at radius 2 is 1.08 bits per heavy atom. The SMILES string of the molecule is CC(C)(C)c1cc(I)ccc1OC(=O)Oc1ccc(I)cc1C(C)(C)C. The molecule has 0 aliphatic carbocycles. The Balaban J connectivity index is 2.29. The van der Waals surface area contributed by atoms with Crippen molar-refractivity contribution in [1.29, 1.82) is 0 Å². The molecule has 140 valence electrons. The van der Waals surface area contributed by atoms with Crippen LogP contribution in [0.3, 0.4) is 0 Å². The Kier molecular flexibility index (Phi) is 6.64. The highest BCUT2D eigenvalue weighted by molar-refractivity contribution is 14.1. The van der Waals surface area contributed by atoms with E-state index in [0.717, 1.165) is 18.3 Å². The highest BCUT2D eigenvalue weighted by Gasteiger charge is 2.24. The van der Waals surface area contributed by atoms with Crippen LogP contribution < -0.4 is 9.47 Å². The van der Waals surface area contributed by atoms with Gasteiger partial charge >= 0.3 is 6.16 Å². The lowest BCUT2D eigenvalue weighted by molar-refractivity contribution is 0.150. The molecule has 0 radical (unpaired) electrons. The second-order valence-corrected chi connectivity index (χ2v) is 10.7. The summed E-state index contributed by atoms with van der Waals surface area (Å²) in [7, 11) is 0. The van der Waals surface area contributed by atoms with E-state index in [9.17, 15) is 4.79 Å². The van der Waals surface area contributed by atoms with Crippen LogP contribution in [0.4, 0.5) is 4.79 Å². The van der Waals surface area contributed by atoms with Gasteiger partial charge in [0.2, 0.25) is 0 Å². The molecular formula is C21H24I2O3. The van der Waals surface area contributed by atoms with Crippen LogP contribution in [0, 0.1) is 7.14 Å². The van der Waals surface area contributed by atoms with E-state index in [1.807, 2.05) is 36.4 Å². The monoisotopic (exact) mass is 578 g/mol. The third-order valence-electron chi connectivity index (χ3n) is 3.89. The lowest BCUT2D eigenvalue weighted by Crippen LogP contribution is -2.21. The molecule has 0 atom stereocenters. The van der Waals surface area contributed by atoms with Gasteiger partial charge in [0.05, 0.1) is 0 Å². The van der Waals surface area contributed by atoms with Gasteiger partial charge in [0.15, 0.2) is 0 Å². The molecule has 0 unspecified atom stereocenters. The minimum absolute atomic E-state index is 0.143. The fourth-order valence-electron chi connectivity index (χ4n) is 2.56. The summed E-state index contributed by atoms with van der Waals surface area (Å²) < 4.78 is 13.3. The predicted octanol–water partition coefficient (Wildman–Crippen LogP) is 7.07. The van der Waals surface area contributed by atoms with Crippen molar-refractivity contribution < 1.29 is 14.3 Å². The van der Waals surface area contributed by atoms with Crippen molar-refractivity contribution in [2.75, 3.05) is 0 Å². The zero-order valence-electron chi connectivity index (χ0n) is 15.9. The molecule has 0 N–H and O–H groups in total. The first-order chi connectivity index (χ1) is 11.9. The summed E-state index contributed by atoms with van der Waals surface area (Å²) in [6.07, 6.45) is -0.719. The molecule has 2 rings (SSSR count). The Morgan fingerprint density at radius 3 is 1.38 bits per heavy atom. The molecule has 2 aromatic carbocycles. The van der Waals surface area contributed by atoms with E-state index < -0.39 is 6.16 Å². The van der Waals surface area contributed by atoms with E-state index >= 15 is 0 Å². The summed E-state index contributed by atoms with van der Waals surface area (Å²) in [6, 6.07) is 11.6. The van der Waals surface area contributed by atoms with E-state index in [0.29, 0.717) is 11.5 Å². The molecule has 0 aliphatic heterocycles. The van der Waals surface area contributed by atoms with Crippen molar-refractivity contribution in [3.8, 4) is 11.5 Å². The topological polar surface area (TPSA) is 35.5 Å². The molecular weight excluding hydrogens is 554 g/mol. The van der Waals surface area contributed by atoms with Gasteiger partial charge in [-0.2, -0.15) is 0 Å². The number of benzene rings is 2. The van der Waals surface area contributed by atoms with Gasteiger partial charge in [-0.25, -0.2) is 4.79 Å². The van der Waals surface area contributed by atoms with Crippen LogP contribution in [0.5, 0.6) is 11.5 Å². The van der Waals surface area contributed by atoms with Crippen LogP contribution in [0.1, 0.15) is 52.7 Å². The molecule has 0 saturated heterocycles. The average molecular weight is 578 g/mol. The smallest absolute Gasteiger partial charge is 0.394 e. The molecule has 0 amide bonds. The van der Waals surface area contributed by atoms with Crippen molar-refractivity contribution in [1.82, 2.24) is 0 Å². The Labute approximate surface area is 183 Å². The fourth-order valence-corrected chi connectivity index (χ4v) is 3.54. The summed E-state index contributed by atoms with van der Waals surface area (Å²) >= 11 is 4.52. The molecule has 2 aromatic rings. The molecule has 26 heavy (non-hydrogen) atoms. The highest BCUT2D eigenvalue weighted by Crippen LogP contribution is 2.35. The van der Waals surface area contributed by atoms with E-state index in [1.165, 1.54) is 0 Å². The summed E-state index contributed by atoms with van der Waals surface area (Å²) in [6.45, 7) is 12.5. The lowest BCUT2D eigenvalue weighted by atomic mass is 9.86. The van der Waals surface area contributed by atoms with Crippen molar-refractivity contribution in [2.45, 2.75) is 52.4 Å². The van der Waals surface area contributed by atoms with E-state index in [2.05, 4.69) is 86.7 Å². The second-order valence-electron chi connectivity index (χ2n) is 8.24. The second kappa shape index (κ2) is 8.04. The van der Waals surface area contributed by atoms with Gasteiger partial charge in [0.25, 0.3) is 0 Å². The summed E-state index contributed by atoms with van der Waals surface area (Å²) in [5.41, 5.74) is 1.66. The Morgan fingerprint density at radius 1 is 0.731 bits per heavy atom. The number of carbonyl (C=O) groups is 1. The molecule has 0 aromatic heterocycles. The van der Waals surface area contributed by atoms with Crippen molar-refractivity contribution >= 4 is 51.3 Å². The molecule has 0 saturated carbocycles. The third kappa shape index (κ3) is 5.58. The van der Waals surface area contributed by atoms with Gasteiger partial charge < -0.3 is 9.47 Å². The molecule has 5 heteroatoms. The largest absolute Gasteiger partial charge is 0.519 e. The molecule has 0 aliphatic rings. The molecule has 0 fully saturated rings. The Bertz CT molecular complexity index is 747. The van der Waals surface area contributed by atoms with Gasteiger partial charge in [-0.15, -0.1) is 0 Å². The first-order valence-corrected chi connectivity index (χ1v) is 10.5. The van der Waals surface area contributed by atoms with Gasteiger partial charge in [0, 0.05) is 18.3 Å². The van der Waals surface area contributed by atoms with Gasteiger partial charge in [-0.3, -0.25) is 0 Å². The normalized spacial score (nSPS) is 12.0. The summed E-state index contributed by atoms with van der Waals surface area (Å²) in [5, 5.41) is 0. The molecule has 3 nitrogen and oxygen atoms in total. The van der Waals surface area contributed by atoms with Crippen molar-refractivity contribution in [3.63, 3.8) is 0 Å². The number of halogens is 2. The van der Waals surface area contributed by atoms with Crippen LogP contribution in [0.2, 0.25) is 0 Å². The number of ether oxygens (including phenoxy) is 2. The van der Waals surface area contributed by atoms with E-state index in [1.54, 1.807) is 0 Å². The average Bonchev–Trinajstić information content (AvgIpc) is 2.49. The zero-order chi connectivity index (χ0) is 19.7. The summed E-state index contributed by atoms with van der Waals surface area (Å²) in [4.78, 5) is 12.5. The van der Waals surface area contributed by atoms with Crippen LogP contribution in [0.25, 0.3) is 0 Å². The minimum atomic E-state index is -0.719. The van der Waals surface area contributed by atoms with Crippen LogP contribution in [-0.2, 0) is 10.8 Å². The van der Waals surface area contributed by atoms with Crippen LogP contribution in [-0.4, -0.2) is 6.16 Å². The third-order valence-corrected chi connectivity index (χ3v) is 5.23. The summed E-state index contributed by atoms with van der Waals surface area (Å²) in [5.74, 6) is 1.07. The van der Waals surface area contributed by atoms with Gasteiger partial charge in [-0.05, 0) is 92.4 Å². The first kappa shape index (κ1) is 21.5.